The largest absolute Gasteiger partial charge is 0.338 e. The van der Waals surface area contributed by atoms with E-state index in [4.69, 9.17) is 0 Å². The summed E-state index contributed by atoms with van der Waals surface area (Å²) in [6, 6.07) is 0. The molecule has 0 N–H and O–H groups in total. The number of rotatable bonds is 4. The topological polar surface area (TPSA) is 94.6 Å². The zero-order valence-corrected chi connectivity index (χ0v) is 15.5. The Morgan fingerprint density at radius 1 is 1.22 bits per heavy atom. The van der Waals surface area contributed by atoms with E-state index in [-0.39, 0.29) is 5.91 Å². The van der Waals surface area contributed by atoms with Crippen molar-refractivity contribution in [1.29, 1.82) is 0 Å². The number of amides is 1. The van der Waals surface area contributed by atoms with Crippen molar-refractivity contribution in [3.05, 3.63) is 54.2 Å². The van der Waals surface area contributed by atoms with Gasteiger partial charge in [0.1, 0.15) is 12.2 Å². The van der Waals surface area contributed by atoms with Crippen LogP contribution in [0.15, 0.2) is 31.2 Å². The molecule has 1 fully saturated rings. The standard InChI is InChI=1S/C18H22N8O/c1-13-15(9-20-11-21-13)18(27)26-6-3-14(4-7-26)17-23-22-16(24(17)2)10-25-8-5-19-12-25/h5,8-9,11-12,14H,3-4,6-7,10H2,1-2H3. The number of carbonyl (C=O) groups is 1. The Bertz CT molecular complexity index is 925. The van der Waals surface area contributed by atoms with Gasteiger partial charge in [0.25, 0.3) is 5.91 Å². The van der Waals surface area contributed by atoms with Crippen molar-refractivity contribution in [1.82, 2.24) is 39.2 Å². The van der Waals surface area contributed by atoms with Gasteiger partial charge in [-0.15, -0.1) is 10.2 Å². The summed E-state index contributed by atoms with van der Waals surface area (Å²) in [5, 5.41) is 8.76. The van der Waals surface area contributed by atoms with Crippen LogP contribution in [0.3, 0.4) is 0 Å². The van der Waals surface area contributed by atoms with Crippen LogP contribution in [0.25, 0.3) is 0 Å². The molecule has 9 heteroatoms. The van der Waals surface area contributed by atoms with Gasteiger partial charge in [-0.05, 0) is 19.8 Å². The van der Waals surface area contributed by atoms with Crippen LogP contribution in [0.5, 0.6) is 0 Å². The van der Waals surface area contributed by atoms with Crippen molar-refractivity contribution >= 4 is 5.91 Å². The fraction of sp³-hybridized carbons (Fsp3) is 0.444. The third kappa shape index (κ3) is 3.44. The van der Waals surface area contributed by atoms with Gasteiger partial charge in [-0.25, -0.2) is 15.0 Å². The lowest BCUT2D eigenvalue weighted by Crippen LogP contribution is -2.38. The second kappa shape index (κ2) is 7.26. The summed E-state index contributed by atoms with van der Waals surface area (Å²) in [6.07, 6.45) is 10.2. The summed E-state index contributed by atoms with van der Waals surface area (Å²) in [5.41, 5.74) is 1.30. The van der Waals surface area contributed by atoms with Gasteiger partial charge in [0, 0.05) is 44.6 Å². The predicted octanol–water partition coefficient (Wildman–Crippen LogP) is 1.18. The molecule has 4 heterocycles. The molecule has 3 aromatic heterocycles. The highest BCUT2D eigenvalue weighted by molar-refractivity contribution is 5.94. The SMILES string of the molecule is Cc1ncncc1C(=O)N1CCC(c2nnc(Cn3ccnc3)n2C)CC1. The number of aryl methyl sites for hydroxylation is 1. The zero-order valence-electron chi connectivity index (χ0n) is 15.5. The van der Waals surface area contributed by atoms with Crippen LogP contribution >= 0.6 is 0 Å². The molecule has 3 aromatic rings. The maximum Gasteiger partial charge on any atom is 0.257 e. The van der Waals surface area contributed by atoms with Gasteiger partial charge < -0.3 is 14.0 Å². The highest BCUT2D eigenvalue weighted by Crippen LogP contribution is 2.27. The van der Waals surface area contributed by atoms with E-state index in [2.05, 4.69) is 29.7 Å². The highest BCUT2D eigenvalue weighted by Gasteiger charge is 2.28. The van der Waals surface area contributed by atoms with E-state index >= 15 is 0 Å². The summed E-state index contributed by atoms with van der Waals surface area (Å²) in [7, 11) is 2.00. The molecule has 9 nitrogen and oxygen atoms in total. The Hall–Kier alpha value is -3.10. The first-order valence-corrected chi connectivity index (χ1v) is 9.03. The molecule has 1 aliphatic heterocycles. The smallest absolute Gasteiger partial charge is 0.257 e. The maximum atomic E-state index is 12.7. The minimum atomic E-state index is 0.00492. The molecule has 0 aliphatic carbocycles. The van der Waals surface area contributed by atoms with Crippen LogP contribution in [0, 0.1) is 6.92 Å². The quantitative estimate of drug-likeness (QED) is 0.688. The first-order chi connectivity index (χ1) is 13.1. The summed E-state index contributed by atoms with van der Waals surface area (Å²) in [5.74, 6) is 2.19. The number of imidazole rings is 1. The highest BCUT2D eigenvalue weighted by atomic mass is 16.2. The molecule has 0 radical (unpaired) electrons. The molecule has 1 saturated heterocycles. The fourth-order valence-electron chi connectivity index (χ4n) is 3.52. The Labute approximate surface area is 157 Å². The third-order valence-corrected chi connectivity index (χ3v) is 5.17. The number of likely N-dealkylation sites (tertiary alicyclic amines) is 1. The molecule has 1 amide bonds. The van der Waals surface area contributed by atoms with Gasteiger partial charge in [-0.3, -0.25) is 4.79 Å². The van der Waals surface area contributed by atoms with E-state index in [0.717, 1.165) is 30.2 Å². The van der Waals surface area contributed by atoms with E-state index in [1.807, 2.05) is 29.6 Å². The molecule has 0 saturated carbocycles. The first-order valence-electron chi connectivity index (χ1n) is 9.03. The Morgan fingerprint density at radius 2 is 2.04 bits per heavy atom. The third-order valence-electron chi connectivity index (χ3n) is 5.17. The van der Waals surface area contributed by atoms with E-state index in [1.54, 1.807) is 18.7 Å². The van der Waals surface area contributed by atoms with Crippen molar-refractivity contribution < 1.29 is 4.79 Å². The maximum absolute atomic E-state index is 12.7. The molecule has 140 valence electrons. The average molecular weight is 366 g/mol. The van der Waals surface area contributed by atoms with Crippen LogP contribution < -0.4 is 0 Å². The number of hydrogen-bond donors (Lipinski definition) is 0. The second-order valence-electron chi connectivity index (χ2n) is 6.86. The van der Waals surface area contributed by atoms with Crippen LogP contribution in [-0.2, 0) is 13.6 Å². The van der Waals surface area contributed by atoms with Crippen molar-refractivity contribution in [2.24, 2.45) is 7.05 Å². The van der Waals surface area contributed by atoms with Crippen LogP contribution in [0.4, 0.5) is 0 Å². The van der Waals surface area contributed by atoms with Crippen molar-refractivity contribution in [3.8, 4) is 0 Å². The Kier molecular flexibility index (Phi) is 4.66. The molecular weight excluding hydrogens is 344 g/mol. The lowest BCUT2D eigenvalue weighted by Gasteiger charge is -2.31. The van der Waals surface area contributed by atoms with Crippen LogP contribution in [0.1, 0.15) is 46.5 Å². The molecule has 0 bridgehead atoms. The summed E-state index contributed by atoms with van der Waals surface area (Å²) < 4.78 is 4.04. The Balaban J connectivity index is 1.42. The molecule has 4 rings (SSSR count). The van der Waals surface area contributed by atoms with Crippen molar-refractivity contribution in [3.63, 3.8) is 0 Å². The number of carbonyl (C=O) groups excluding carboxylic acids is 1. The number of aromatic nitrogens is 7. The summed E-state index contributed by atoms with van der Waals surface area (Å²) in [6.45, 7) is 3.88. The molecular formula is C18H22N8O. The first kappa shape index (κ1) is 17.3. The van der Waals surface area contributed by atoms with Crippen LogP contribution in [-0.4, -0.2) is 58.2 Å². The zero-order chi connectivity index (χ0) is 18.8. The normalized spacial score (nSPS) is 15.3. The minimum Gasteiger partial charge on any atom is -0.338 e. The summed E-state index contributed by atoms with van der Waals surface area (Å²) >= 11 is 0. The minimum absolute atomic E-state index is 0.00492. The van der Waals surface area contributed by atoms with Gasteiger partial charge in [-0.1, -0.05) is 0 Å². The predicted molar refractivity (Wildman–Crippen MR) is 97.0 cm³/mol. The molecule has 0 unspecified atom stereocenters. The van der Waals surface area contributed by atoms with Gasteiger partial charge in [-0.2, -0.15) is 0 Å². The van der Waals surface area contributed by atoms with Gasteiger partial charge in [0.2, 0.25) is 0 Å². The Morgan fingerprint density at radius 3 is 2.74 bits per heavy atom. The average Bonchev–Trinajstić information content (AvgIpc) is 3.33. The number of nitrogens with zero attached hydrogens (tertiary/aromatic N) is 8. The van der Waals surface area contributed by atoms with Gasteiger partial charge in [0.05, 0.1) is 24.1 Å². The van der Waals surface area contributed by atoms with Crippen LogP contribution in [0.2, 0.25) is 0 Å². The lowest BCUT2D eigenvalue weighted by atomic mass is 9.95. The molecule has 27 heavy (non-hydrogen) atoms. The van der Waals surface area contributed by atoms with Crippen molar-refractivity contribution in [2.75, 3.05) is 13.1 Å². The summed E-state index contributed by atoms with van der Waals surface area (Å²) in [4.78, 5) is 26.8. The van der Waals surface area contributed by atoms with Gasteiger partial charge >= 0.3 is 0 Å². The number of hydrogen-bond acceptors (Lipinski definition) is 6. The molecule has 0 aromatic carbocycles. The lowest BCUT2D eigenvalue weighted by molar-refractivity contribution is 0.0708. The second-order valence-corrected chi connectivity index (χ2v) is 6.86. The molecule has 0 atom stereocenters. The molecule has 1 aliphatic rings. The van der Waals surface area contributed by atoms with Gasteiger partial charge in [0.15, 0.2) is 5.82 Å². The monoisotopic (exact) mass is 366 g/mol. The molecule has 0 spiro atoms. The van der Waals surface area contributed by atoms with Crippen molar-refractivity contribution in [2.45, 2.75) is 32.2 Å². The van der Waals surface area contributed by atoms with E-state index < -0.39 is 0 Å². The van der Waals surface area contributed by atoms with E-state index in [1.165, 1.54) is 6.33 Å². The van der Waals surface area contributed by atoms with E-state index in [0.29, 0.717) is 31.1 Å². The number of piperidine rings is 1. The fourth-order valence-corrected chi connectivity index (χ4v) is 3.52. The van der Waals surface area contributed by atoms with E-state index in [9.17, 15) is 4.79 Å².